The van der Waals surface area contributed by atoms with Gasteiger partial charge in [-0.3, -0.25) is 0 Å². The van der Waals surface area contributed by atoms with E-state index < -0.39 is 0 Å². The zero-order valence-electron chi connectivity index (χ0n) is 17.0. The van der Waals surface area contributed by atoms with E-state index in [9.17, 15) is 0 Å². The molecule has 3 aliphatic rings. The molecule has 2 nitrogen and oxygen atoms in total. The Balaban J connectivity index is 0.000000511. The lowest BCUT2D eigenvalue weighted by atomic mass is 9.76. The highest BCUT2D eigenvalue weighted by atomic mass is 16.2. The molecule has 0 spiro atoms. The molecule has 0 radical (unpaired) electrons. The molecule has 1 N–H and O–H groups in total. The molecular formula is C23H43NO. The SMILES string of the molecule is C/C=C/O.CN(C1CCCCC1)C1CCC(CC2CCCCC2)CC1. The first-order chi connectivity index (χ1) is 12.2. The number of rotatable bonds is 4. The van der Waals surface area contributed by atoms with Crippen LogP contribution < -0.4 is 0 Å². The van der Waals surface area contributed by atoms with Crippen molar-refractivity contribution in [3.05, 3.63) is 12.3 Å². The molecule has 3 aliphatic carbocycles. The van der Waals surface area contributed by atoms with Crippen molar-refractivity contribution < 1.29 is 5.11 Å². The summed E-state index contributed by atoms with van der Waals surface area (Å²) in [4.78, 5) is 2.79. The smallest absolute Gasteiger partial charge is 0.0748 e. The third kappa shape index (κ3) is 7.33. The molecule has 0 heterocycles. The highest BCUT2D eigenvalue weighted by Gasteiger charge is 2.29. The number of hydrogen-bond acceptors (Lipinski definition) is 2. The van der Waals surface area contributed by atoms with Crippen LogP contribution in [0.1, 0.15) is 103 Å². The standard InChI is InChI=1S/C20H37N.C3H6O/c1-21(19-10-6-3-7-11-19)20-14-12-18(13-15-20)16-17-8-4-2-5-9-17;1-2-3-4/h17-20H,2-16H2,1H3;2-4H,1H3/b;3-2+. The van der Waals surface area contributed by atoms with Gasteiger partial charge in [0.2, 0.25) is 0 Å². The van der Waals surface area contributed by atoms with E-state index in [2.05, 4.69) is 11.9 Å². The number of allylic oxidation sites excluding steroid dienone is 1. The predicted molar refractivity (Wildman–Crippen MR) is 109 cm³/mol. The van der Waals surface area contributed by atoms with Gasteiger partial charge in [0.15, 0.2) is 0 Å². The van der Waals surface area contributed by atoms with Gasteiger partial charge in [-0.25, -0.2) is 0 Å². The second-order valence-electron chi connectivity index (χ2n) is 8.85. The number of aliphatic hydroxyl groups excluding tert-OH is 1. The first-order valence-corrected chi connectivity index (χ1v) is 11.2. The summed E-state index contributed by atoms with van der Waals surface area (Å²) in [5, 5.41) is 7.69. The van der Waals surface area contributed by atoms with E-state index in [1.165, 1.54) is 77.0 Å². The van der Waals surface area contributed by atoms with E-state index in [0.717, 1.165) is 30.2 Å². The van der Waals surface area contributed by atoms with Crippen molar-refractivity contribution in [2.45, 2.75) is 115 Å². The summed E-state index contributed by atoms with van der Waals surface area (Å²) in [6.45, 7) is 1.75. The van der Waals surface area contributed by atoms with Gasteiger partial charge in [0.1, 0.15) is 0 Å². The van der Waals surface area contributed by atoms with Crippen molar-refractivity contribution in [3.8, 4) is 0 Å². The van der Waals surface area contributed by atoms with Gasteiger partial charge in [-0.05, 0) is 70.8 Å². The first kappa shape index (κ1) is 20.8. The maximum atomic E-state index is 7.69. The lowest BCUT2D eigenvalue weighted by Gasteiger charge is -2.41. The monoisotopic (exact) mass is 349 g/mol. The van der Waals surface area contributed by atoms with Gasteiger partial charge >= 0.3 is 0 Å². The Bertz CT molecular complexity index is 343. The lowest BCUT2D eigenvalue weighted by molar-refractivity contribution is 0.0914. The zero-order chi connectivity index (χ0) is 17.9. The summed E-state index contributed by atoms with van der Waals surface area (Å²) in [6, 6.07) is 1.83. The Morgan fingerprint density at radius 3 is 1.68 bits per heavy atom. The molecule has 0 bridgehead atoms. The minimum absolute atomic E-state index is 0.913. The van der Waals surface area contributed by atoms with Crippen LogP contribution in [0.4, 0.5) is 0 Å². The number of nitrogens with zero attached hydrogens (tertiary/aromatic N) is 1. The van der Waals surface area contributed by atoms with Crippen molar-refractivity contribution in [1.82, 2.24) is 4.90 Å². The second-order valence-corrected chi connectivity index (χ2v) is 8.85. The Labute approximate surface area is 157 Å². The van der Waals surface area contributed by atoms with E-state index >= 15 is 0 Å². The van der Waals surface area contributed by atoms with Crippen LogP contribution in [0.15, 0.2) is 12.3 Å². The molecule has 3 fully saturated rings. The maximum Gasteiger partial charge on any atom is 0.0748 e. The second kappa shape index (κ2) is 12.0. The largest absolute Gasteiger partial charge is 0.516 e. The predicted octanol–water partition coefficient (Wildman–Crippen LogP) is 6.86. The first-order valence-electron chi connectivity index (χ1n) is 11.2. The van der Waals surface area contributed by atoms with E-state index in [4.69, 9.17) is 5.11 Å². The molecule has 0 aliphatic heterocycles. The molecule has 25 heavy (non-hydrogen) atoms. The summed E-state index contributed by atoms with van der Waals surface area (Å²) < 4.78 is 0. The molecule has 2 heteroatoms. The van der Waals surface area contributed by atoms with Crippen LogP contribution >= 0.6 is 0 Å². The molecular weight excluding hydrogens is 306 g/mol. The van der Waals surface area contributed by atoms with Gasteiger partial charge < -0.3 is 10.0 Å². The van der Waals surface area contributed by atoms with Gasteiger partial charge in [-0.2, -0.15) is 0 Å². The molecule has 0 amide bonds. The van der Waals surface area contributed by atoms with Gasteiger partial charge in [0.25, 0.3) is 0 Å². The van der Waals surface area contributed by atoms with Crippen LogP contribution in [0, 0.1) is 11.8 Å². The molecule has 0 saturated heterocycles. The third-order valence-electron chi connectivity index (χ3n) is 7.08. The van der Waals surface area contributed by atoms with Crippen molar-refractivity contribution in [2.24, 2.45) is 11.8 Å². The van der Waals surface area contributed by atoms with Crippen LogP contribution in [-0.2, 0) is 0 Å². The normalized spacial score (nSPS) is 29.6. The summed E-state index contributed by atoms with van der Waals surface area (Å²) in [6.07, 6.45) is 25.2. The minimum atomic E-state index is 0.913. The maximum absolute atomic E-state index is 7.69. The van der Waals surface area contributed by atoms with E-state index in [1.807, 2.05) is 0 Å². The molecule has 0 unspecified atom stereocenters. The Morgan fingerprint density at radius 1 is 0.720 bits per heavy atom. The van der Waals surface area contributed by atoms with Crippen LogP contribution in [0.5, 0.6) is 0 Å². The number of hydrogen-bond donors (Lipinski definition) is 1. The Morgan fingerprint density at radius 2 is 1.16 bits per heavy atom. The molecule has 0 aromatic carbocycles. The lowest BCUT2D eigenvalue weighted by Crippen LogP contribution is -2.43. The van der Waals surface area contributed by atoms with E-state index in [-0.39, 0.29) is 0 Å². The highest BCUT2D eigenvalue weighted by molar-refractivity contribution is 4.84. The van der Waals surface area contributed by atoms with E-state index in [1.54, 1.807) is 32.3 Å². The van der Waals surface area contributed by atoms with Gasteiger partial charge in [-0.15, -0.1) is 0 Å². The quantitative estimate of drug-likeness (QED) is 0.560. The van der Waals surface area contributed by atoms with Crippen LogP contribution in [0.2, 0.25) is 0 Å². The average Bonchev–Trinajstić information content (AvgIpc) is 2.70. The topological polar surface area (TPSA) is 23.5 Å². The van der Waals surface area contributed by atoms with Crippen LogP contribution in [0.25, 0.3) is 0 Å². The summed E-state index contributed by atoms with van der Waals surface area (Å²) in [5.74, 6) is 2.17. The third-order valence-corrected chi connectivity index (χ3v) is 7.08. The zero-order valence-corrected chi connectivity index (χ0v) is 17.0. The molecule has 0 aromatic rings. The van der Waals surface area contributed by atoms with Crippen LogP contribution in [-0.4, -0.2) is 29.1 Å². The molecule has 0 aromatic heterocycles. The van der Waals surface area contributed by atoms with Crippen molar-refractivity contribution in [2.75, 3.05) is 7.05 Å². The van der Waals surface area contributed by atoms with Gasteiger partial charge in [0.05, 0.1) is 6.26 Å². The Kier molecular flexibility index (Phi) is 9.98. The summed E-state index contributed by atoms with van der Waals surface area (Å²) in [5.41, 5.74) is 0. The average molecular weight is 350 g/mol. The van der Waals surface area contributed by atoms with Crippen molar-refractivity contribution in [1.29, 1.82) is 0 Å². The number of aliphatic hydroxyl groups is 1. The van der Waals surface area contributed by atoms with Crippen molar-refractivity contribution >= 4 is 0 Å². The minimum Gasteiger partial charge on any atom is -0.516 e. The Hall–Kier alpha value is -0.500. The summed E-state index contributed by atoms with van der Waals surface area (Å²) in [7, 11) is 2.43. The van der Waals surface area contributed by atoms with Crippen molar-refractivity contribution in [3.63, 3.8) is 0 Å². The van der Waals surface area contributed by atoms with E-state index in [0.29, 0.717) is 0 Å². The highest BCUT2D eigenvalue weighted by Crippen LogP contribution is 2.37. The molecule has 3 saturated carbocycles. The fourth-order valence-corrected chi connectivity index (χ4v) is 5.47. The fourth-order valence-electron chi connectivity index (χ4n) is 5.47. The fraction of sp³-hybridized carbons (Fsp3) is 0.913. The van der Waals surface area contributed by atoms with Gasteiger partial charge in [-0.1, -0.05) is 57.4 Å². The van der Waals surface area contributed by atoms with Crippen LogP contribution in [0.3, 0.4) is 0 Å². The summed E-state index contributed by atoms with van der Waals surface area (Å²) >= 11 is 0. The van der Waals surface area contributed by atoms with Gasteiger partial charge in [0, 0.05) is 12.1 Å². The molecule has 0 atom stereocenters. The molecule has 146 valence electrons. The molecule has 3 rings (SSSR count).